The number of hydrogen-bond acceptors (Lipinski definition) is 6. The van der Waals surface area contributed by atoms with Crippen LogP contribution in [0.4, 0.5) is 13.2 Å². The Labute approximate surface area is 186 Å². The summed E-state index contributed by atoms with van der Waals surface area (Å²) in [6.45, 7) is 1.05. The molecule has 2 aliphatic heterocycles. The highest BCUT2D eigenvalue weighted by molar-refractivity contribution is 5.90. The van der Waals surface area contributed by atoms with Crippen molar-refractivity contribution in [2.45, 2.75) is 38.1 Å². The fraction of sp³-hybridized carbons (Fsp3) is 0.333. The smallest absolute Gasteiger partial charge is 0.475 e. The van der Waals surface area contributed by atoms with Crippen LogP contribution >= 0.6 is 0 Å². The van der Waals surface area contributed by atoms with Crippen molar-refractivity contribution in [1.82, 2.24) is 15.2 Å². The number of carbonyl (C=O) groups is 3. The SMILES string of the molecule is O=C(O)C(F)(F)F.O=C1CC[C@@H](C(=O)N(Cc2cccnc2)Cc2ccc3c(c2)OCO3)N1. The van der Waals surface area contributed by atoms with Crippen LogP contribution < -0.4 is 14.8 Å². The molecule has 4 rings (SSSR count). The highest BCUT2D eigenvalue weighted by Crippen LogP contribution is 2.33. The molecule has 1 atom stereocenters. The van der Waals surface area contributed by atoms with Crippen LogP contribution in [-0.4, -0.2) is 51.8 Å². The number of carboxylic acid groups (broad SMARTS) is 1. The van der Waals surface area contributed by atoms with E-state index in [0.717, 1.165) is 11.1 Å². The van der Waals surface area contributed by atoms with Crippen molar-refractivity contribution >= 4 is 17.8 Å². The number of aromatic nitrogens is 1. The molecule has 3 heterocycles. The summed E-state index contributed by atoms with van der Waals surface area (Å²) in [4.78, 5) is 39.2. The Morgan fingerprint density at radius 2 is 1.85 bits per heavy atom. The molecule has 2 N–H and O–H groups in total. The zero-order valence-electron chi connectivity index (χ0n) is 17.2. The highest BCUT2D eigenvalue weighted by Gasteiger charge is 2.38. The van der Waals surface area contributed by atoms with Gasteiger partial charge in [-0.2, -0.15) is 13.2 Å². The van der Waals surface area contributed by atoms with Crippen molar-refractivity contribution in [3.05, 3.63) is 53.9 Å². The average Bonchev–Trinajstić information content (AvgIpc) is 3.42. The molecule has 33 heavy (non-hydrogen) atoms. The van der Waals surface area contributed by atoms with Crippen molar-refractivity contribution in [3.63, 3.8) is 0 Å². The van der Waals surface area contributed by atoms with Gasteiger partial charge >= 0.3 is 12.1 Å². The summed E-state index contributed by atoms with van der Waals surface area (Å²) in [5.74, 6) is -1.52. The molecule has 0 aliphatic carbocycles. The van der Waals surface area contributed by atoms with Crippen LogP contribution in [0.3, 0.4) is 0 Å². The van der Waals surface area contributed by atoms with Crippen molar-refractivity contribution < 1.29 is 42.1 Å². The largest absolute Gasteiger partial charge is 0.490 e. The normalized spacial score (nSPS) is 16.5. The number of benzene rings is 1. The Hall–Kier alpha value is -3.83. The van der Waals surface area contributed by atoms with Gasteiger partial charge in [0.25, 0.3) is 0 Å². The topological polar surface area (TPSA) is 118 Å². The number of alkyl halides is 3. The second-order valence-electron chi connectivity index (χ2n) is 7.20. The average molecular weight is 467 g/mol. The number of rotatable bonds is 5. The lowest BCUT2D eigenvalue weighted by atomic mass is 10.1. The second-order valence-corrected chi connectivity index (χ2v) is 7.20. The van der Waals surface area contributed by atoms with Gasteiger partial charge in [-0.05, 0) is 35.7 Å². The standard InChI is InChI=1S/C19H19N3O4.C2HF3O2/c23-18-6-4-15(21-18)19(24)22(11-14-2-1-7-20-9-14)10-13-3-5-16-17(8-13)26-12-25-16;3-2(4,5)1(6)7/h1-3,5,7-9,15H,4,6,10-12H2,(H,21,23);(H,6,7)/t15-;/m0./s1. The number of nitrogens with one attached hydrogen (secondary N) is 1. The molecule has 1 saturated heterocycles. The maximum atomic E-state index is 13.0. The summed E-state index contributed by atoms with van der Waals surface area (Å²) in [7, 11) is 0. The first-order valence-electron chi connectivity index (χ1n) is 9.79. The minimum atomic E-state index is -5.08. The molecule has 0 radical (unpaired) electrons. The van der Waals surface area contributed by atoms with Gasteiger partial charge < -0.3 is 24.8 Å². The molecule has 0 spiro atoms. The van der Waals surface area contributed by atoms with Crippen LogP contribution in [0.15, 0.2) is 42.7 Å². The number of aliphatic carboxylic acids is 1. The summed E-state index contributed by atoms with van der Waals surface area (Å²) in [6, 6.07) is 8.97. The molecular formula is C21H20F3N3O6. The number of ether oxygens (including phenoxy) is 2. The molecule has 2 aromatic rings. The molecule has 0 bridgehead atoms. The fourth-order valence-corrected chi connectivity index (χ4v) is 3.20. The second kappa shape index (κ2) is 10.2. The van der Waals surface area contributed by atoms with Crippen molar-refractivity contribution in [2.24, 2.45) is 0 Å². The van der Waals surface area contributed by atoms with Crippen LogP contribution in [-0.2, 0) is 27.5 Å². The summed E-state index contributed by atoms with van der Waals surface area (Å²) < 4.78 is 42.5. The van der Waals surface area contributed by atoms with Crippen molar-refractivity contribution in [3.8, 4) is 11.5 Å². The van der Waals surface area contributed by atoms with Crippen LogP contribution in [0.1, 0.15) is 24.0 Å². The predicted octanol–water partition coefficient (Wildman–Crippen LogP) is 2.25. The number of pyridine rings is 1. The Kier molecular flexibility index (Phi) is 7.36. The summed E-state index contributed by atoms with van der Waals surface area (Å²) >= 11 is 0. The maximum absolute atomic E-state index is 13.0. The van der Waals surface area contributed by atoms with Crippen LogP contribution in [0.2, 0.25) is 0 Å². The van der Waals surface area contributed by atoms with Crippen LogP contribution in [0.25, 0.3) is 0 Å². The molecule has 2 aliphatic rings. The number of hydrogen-bond donors (Lipinski definition) is 2. The Morgan fingerprint density at radius 3 is 2.45 bits per heavy atom. The van der Waals surface area contributed by atoms with E-state index in [1.165, 1.54) is 0 Å². The van der Waals surface area contributed by atoms with E-state index in [1.807, 2.05) is 30.3 Å². The summed E-state index contributed by atoms with van der Waals surface area (Å²) in [5, 5.41) is 9.88. The van der Waals surface area contributed by atoms with Gasteiger partial charge in [-0.25, -0.2) is 4.79 Å². The highest BCUT2D eigenvalue weighted by atomic mass is 19.4. The number of carbonyl (C=O) groups excluding carboxylic acids is 2. The van der Waals surface area contributed by atoms with Gasteiger partial charge in [0.1, 0.15) is 6.04 Å². The molecule has 12 heteroatoms. The molecule has 2 amide bonds. The minimum Gasteiger partial charge on any atom is -0.475 e. The molecule has 1 aromatic heterocycles. The number of halogens is 3. The van der Waals surface area contributed by atoms with E-state index in [2.05, 4.69) is 10.3 Å². The van der Waals surface area contributed by atoms with Gasteiger partial charge in [0.15, 0.2) is 11.5 Å². The van der Waals surface area contributed by atoms with Gasteiger partial charge in [-0.15, -0.1) is 0 Å². The van der Waals surface area contributed by atoms with Gasteiger partial charge in [-0.3, -0.25) is 14.6 Å². The predicted molar refractivity (Wildman–Crippen MR) is 106 cm³/mol. The quantitative estimate of drug-likeness (QED) is 0.693. The zero-order chi connectivity index (χ0) is 24.0. The van der Waals surface area contributed by atoms with E-state index < -0.39 is 18.2 Å². The molecule has 1 fully saturated rings. The third kappa shape index (κ3) is 6.57. The van der Waals surface area contributed by atoms with Gasteiger partial charge in [0.2, 0.25) is 18.6 Å². The maximum Gasteiger partial charge on any atom is 0.490 e. The first-order valence-corrected chi connectivity index (χ1v) is 9.79. The summed E-state index contributed by atoms with van der Waals surface area (Å²) in [5.41, 5.74) is 1.88. The number of amides is 2. The fourth-order valence-electron chi connectivity index (χ4n) is 3.20. The van der Waals surface area contributed by atoms with Crippen LogP contribution in [0, 0.1) is 0 Å². The first kappa shape index (κ1) is 23.8. The molecular weight excluding hydrogens is 447 g/mol. The lowest BCUT2D eigenvalue weighted by Crippen LogP contribution is -2.43. The van der Waals surface area contributed by atoms with Gasteiger partial charge in [0.05, 0.1) is 0 Å². The molecule has 0 saturated carbocycles. The van der Waals surface area contributed by atoms with E-state index in [-0.39, 0.29) is 18.6 Å². The molecule has 9 nitrogen and oxygen atoms in total. The Balaban J connectivity index is 0.000000383. The molecule has 176 valence electrons. The van der Waals surface area contributed by atoms with E-state index >= 15 is 0 Å². The minimum absolute atomic E-state index is 0.0762. The van der Waals surface area contributed by atoms with Crippen LogP contribution in [0.5, 0.6) is 11.5 Å². The van der Waals surface area contributed by atoms with Crippen molar-refractivity contribution in [2.75, 3.05) is 6.79 Å². The molecule has 1 aromatic carbocycles. The lowest BCUT2D eigenvalue weighted by Gasteiger charge is -2.26. The van der Waals surface area contributed by atoms with Gasteiger partial charge in [0, 0.05) is 31.9 Å². The van der Waals surface area contributed by atoms with Gasteiger partial charge in [-0.1, -0.05) is 12.1 Å². The zero-order valence-corrected chi connectivity index (χ0v) is 17.2. The van der Waals surface area contributed by atoms with E-state index in [4.69, 9.17) is 19.4 Å². The number of fused-ring (bicyclic) bond motifs is 1. The van der Waals surface area contributed by atoms with Crippen molar-refractivity contribution in [1.29, 1.82) is 0 Å². The monoisotopic (exact) mass is 467 g/mol. The Bertz CT molecular complexity index is 1020. The number of carboxylic acids is 1. The first-order chi connectivity index (χ1) is 15.6. The van der Waals surface area contributed by atoms with E-state index in [9.17, 15) is 22.8 Å². The third-order valence-electron chi connectivity index (χ3n) is 4.75. The third-order valence-corrected chi connectivity index (χ3v) is 4.75. The molecule has 0 unspecified atom stereocenters. The lowest BCUT2D eigenvalue weighted by molar-refractivity contribution is -0.192. The Morgan fingerprint density at radius 1 is 1.15 bits per heavy atom. The number of nitrogens with zero attached hydrogens (tertiary/aromatic N) is 2. The van der Waals surface area contributed by atoms with E-state index in [0.29, 0.717) is 37.4 Å². The summed E-state index contributed by atoms with van der Waals surface area (Å²) in [6.07, 6.45) is -0.721. The van der Waals surface area contributed by atoms with E-state index in [1.54, 1.807) is 17.3 Å².